The van der Waals surface area contributed by atoms with E-state index in [0.29, 0.717) is 0 Å². The molecule has 1 rings (SSSR count). The van der Waals surface area contributed by atoms with Gasteiger partial charge < -0.3 is 5.41 Å². The van der Waals surface area contributed by atoms with Crippen LogP contribution in [0.25, 0.3) is 0 Å². The summed E-state index contributed by atoms with van der Waals surface area (Å²) in [6.07, 6.45) is 1.04. The van der Waals surface area contributed by atoms with Crippen molar-refractivity contribution in [2.45, 2.75) is 59.0 Å². The van der Waals surface area contributed by atoms with Crippen LogP contribution in [0.3, 0.4) is 0 Å². The summed E-state index contributed by atoms with van der Waals surface area (Å²) < 4.78 is 0. The number of nitrogens with one attached hydrogen (secondary N) is 2. The highest BCUT2D eigenvalue weighted by atomic mass is 15.3. The molecule has 1 saturated heterocycles. The summed E-state index contributed by atoms with van der Waals surface area (Å²) in [6.45, 7) is 13.0. The van der Waals surface area contributed by atoms with E-state index in [0.717, 1.165) is 12.1 Å². The summed E-state index contributed by atoms with van der Waals surface area (Å²) in [7, 11) is 0. The fourth-order valence-corrected chi connectivity index (χ4v) is 2.26. The molecular weight excluding hydrogens is 160 g/mol. The molecule has 0 aliphatic carbocycles. The predicted molar refractivity (Wildman–Crippen MR) is 57.4 cm³/mol. The van der Waals surface area contributed by atoms with Crippen molar-refractivity contribution >= 4 is 5.71 Å². The number of hydrogen-bond acceptors (Lipinski definition) is 2. The van der Waals surface area contributed by atoms with Gasteiger partial charge in [-0.25, -0.2) is 0 Å². The first-order chi connectivity index (χ1) is 5.61. The summed E-state index contributed by atoms with van der Waals surface area (Å²) >= 11 is 0. The Morgan fingerprint density at radius 1 is 1.31 bits per heavy atom. The molecule has 1 heterocycles. The average Bonchev–Trinajstić information content (AvgIpc) is 2.30. The van der Waals surface area contributed by atoms with Gasteiger partial charge in [-0.1, -0.05) is 20.8 Å². The first kappa shape index (κ1) is 10.7. The number of hydrogen-bond donors (Lipinski definition) is 2. The summed E-state index contributed by atoms with van der Waals surface area (Å²) in [4.78, 5) is 0. The molecule has 1 unspecified atom stereocenters. The van der Waals surface area contributed by atoms with Crippen LogP contribution < -0.4 is 5.32 Å². The molecule has 13 heavy (non-hydrogen) atoms. The van der Waals surface area contributed by atoms with Crippen LogP contribution in [0, 0.1) is 10.8 Å². The minimum absolute atomic E-state index is 0.0365. The molecular formula is C11H22N2. The van der Waals surface area contributed by atoms with Gasteiger partial charge >= 0.3 is 0 Å². The molecule has 0 bridgehead atoms. The normalized spacial score (nSPS) is 31.5. The van der Waals surface area contributed by atoms with Gasteiger partial charge in [0.05, 0.1) is 5.54 Å². The average molecular weight is 182 g/mol. The lowest BCUT2D eigenvalue weighted by Gasteiger charge is -2.26. The Balaban J connectivity index is 2.81. The van der Waals surface area contributed by atoms with E-state index in [1.54, 1.807) is 0 Å². The Labute approximate surface area is 81.6 Å². The zero-order valence-corrected chi connectivity index (χ0v) is 9.71. The van der Waals surface area contributed by atoms with E-state index < -0.39 is 0 Å². The van der Waals surface area contributed by atoms with Gasteiger partial charge in [-0.3, -0.25) is 5.32 Å². The Bertz CT molecular complexity index is 235. The molecule has 0 aromatic carbocycles. The molecule has 0 aromatic heterocycles. The van der Waals surface area contributed by atoms with E-state index in [9.17, 15) is 0 Å². The molecule has 0 radical (unpaired) electrons. The quantitative estimate of drug-likeness (QED) is 0.500. The lowest BCUT2D eigenvalue weighted by molar-refractivity contribution is 0.344. The third-order valence-electron chi connectivity index (χ3n) is 2.97. The van der Waals surface area contributed by atoms with Crippen molar-refractivity contribution in [2.75, 3.05) is 0 Å². The van der Waals surface area contributed by atoms with E-state index >= 15 is 0 Å². The third-order valence-corrected chi connectivity index (χ3v) is 2.97. The van der Waals surface area contributed by atoms with Gasteiger partial charge in [-0.15, -0.1) is 0 Å². The maximum atomic E-state index is 7.83. The van der Waals surface area contributed by atoms with Crippen molar-refractivity contribution in [1.29, 1.82) is 5.41 Å². The van der Waals surface area contributed by atoms with Crippen LogP contribution in [0.4, 0.5) is 0 Å². The lowest BCUT2D eigenvalue weighted by Crippen LogP contribution is -2.34. The summed E-state index contributed by atoms with van der Waals surface area (Å²) in [5.41, 5.74) is 1.13. The summed E-state index contributed by atoms with van der Waals surface area (Å²) in [5, 5.41) is 11.3. The molecule has 1 aliphatic heterocycles. The highest BCUT2D eigenvalue weighted by molar-refractivity contribution is 5.94. The van der Waals surface area contributed by atoms with Gasteiger partial charge in [-0.2, -0.15) is 0 Å². The molecule has 0 spiro atoms. The highest BCUT2D eigenvalue weighted by Crippen LogP contribution is 2.46. The zero-order chi connectivity index (χ0) is 10.5. The van der Waals surface area contributed by atoms with E-state index in [4.69, 9.17) is 5.41 Å². The van der Waals surface area contributed by atoms with Crippen molar-refractivity contribution in [3.63, 3.8) is 0 Å². The molecule has 1 aliphatic rings. The van der Waals surface area contributed by atoms with Gasteiger partial charge in [-0.05, 0) is 32.6 Å². The third kappa shape index (κ3) is 1.78. The Morgan fingerprint density at radius 3 is 1.77 bits per heavy atom. The monoisotopic (exact) mass is 182 g/mol. The molecule has 2 heteroatoms. The van der Waals surface area contributed by atoms with Crippen molar-refractivity contribution < 1.29 is 0 Å². The minimum Gasteiger partial charge on any atom is -0.308 e. The standard InChI is InChI=1S/C11H22N2/c1-8(12)11(7-9(2,3)4)10(5,6)13-11/h12-13H,7H2,1-6H3. The first-order valence-electron chi connectivity index (χ1n) is 4.96. The molecule has 0 amide bonds. The smallest absolute Gasteiger partial charge is 0.0747 e. The van der Waals surface area contributed by atoms with Gasteiger partial charge in [0.1, 0.15) is 0 Å². The number of rotatable bonds is 2. The van der Waals surface area contributed by atoms with Crippen LogP contribution >= 0.6 is 0 Å². The van der Waals surface area contributed by atoms with Gasteiger partial charge in [0.15, 0.2) is 0 Å². The maximum Gasteiger partial charge on any atom is 0.0747 e. The van der Waals surface area contributed by atoms with Crippen LogP contribution in [-0.4, -0.2) is 16.8 Å². The van der Waals surface area contributed by atoms with Crippen LogP contribution in [-0.2, 0) is 0 Å². The highest BCUT2D eigenvalue weighted by Gasteiger charge is 2.62. The fraction of sp³-hybridized carbons (Fsp3) is 0.909. The van der Waals surface area contributed by atoms with Crippen molar-refractivity contribution in [3.05, 3.63) is 0 Å². The van der Waals surface area contributed by atoms with E-state index in [2.05, 4.69) is 39.9 Å². The molecule has 1 fully saturated rings. The van der Waals surface area contributed by atoms with Crippen molar-refractivity contribution in [1.82, 2.24) is 5.32 Å². The first-order valence-corrected chi connectivity index (χ1v) is 4.96. The summed E-state index contributed by atoms with van der Waals surface area (Å²) in [5.74, 6) is 0. The van der Waals surface area contributed by atoms with Crippen LogP contribution in [0.15, 0.2) is 0 Å². The topological polar surface area (TPSA) is 45.8 Å². The van der Waals surface area contributed by atoms with Gasteiger partial charge in [0.2, 0.25) is 0 Å². The zero-order valence-electron chi connectivity index (χ0n) is 9.71. The Kier molecular flexibility index (Phi) is 2.11. The molecule has 0 aromatic rings. The van der Waals surface area contributed by atoms with Crippen LogP contribution in [0.2, 0.25) is 0 Å². The molecule has 2 N–H and O–H groups in total. The largest absolute Gasteiger partial charge is 0.308 e. The minimum atomic E-state index is -0.0365. The Hall–Kier alpha value is -0.370. The van der Waals surface area contributed by atoms with Crippen LogP contribution in [0.1, 0.15) is 48.0 Å². The molecule has 2 nitrogen and oxygen atoms in total. The second-order valence-corrected chi connectivity index (χ2v) is 6.02. The van der Waals surface area contributed by atoms with Gasteiger partial charge in [0, 0.05) is 11.3 Å². The fourth-order valence-electron chi connectivity index (χ4n) is 2.26. The van der Waals surface area contributed by atoms with Crippen molar-refractivity contribution in [3.8, 4) is 0 Å². The lowest BCUT2D eigenvalue weighted by atomic mass is 9.77. The predicted octanol–water partition coefficient (Wildman–Crippen LogP) is 2.58. The van der Waals surface area contributed by atoms with E-state index in [-0.39, 0.29) is 16.5 Å². The molecule has 1 atom stereocenters. The maximum absolute atomic E-state index is 7.83. The van der Waals surface area contributed by atoms with Gasteiger partial charge in [0.25, 0.3) is 0 Å². The van der Waals surface area contributed by atoms with E-state index in [1.807, 2.05) is 6.92 Å². The molecule has 76 valence electrons. The Morgan fingerprint density at radius 2 is 1.69 bits per heavy atom. The van der Waals surface area contributed by atoms with Crippen LogP contribution in [0.5, 0.6) is 0 Å². The summed E-state index contributed by atoms with van der Waals surface area (Å²) in [6, 6.07) is 0. The van der Waals surface area contributed by atoms with Crippen molar-refractivity contribution in [2.24, 2.45) is 5.41 Å². The second kappa shape index (κ2) is 2.57. The SMILES string of the molecule is CC(=N)C1(CC(C)(C)C)NC1(C)C. The molecule has 0 saturated carbocycles. The second-order valence-electron chi connectivity index (χ2n) is 6.02. The van der Waals surface area contributed by atoms with E-state index in [1.165, 1.54) is 0 Å².